The second-order valence-electron chi connectivity index (χ2n) is 7.88. The van der Waals surface area contributed by atoms with Crippen molar-refractivity contribution < 1.29 is 23.8 Å². The van der Waals surface area contributed by atoms with Crippen LogP contribution in [-0.4, -0.2) is 48.1 Å². The largest absolute Gasteiger partial charge is 0.498 e. The Hall–Kier alpha value is -2.35. The summed E-state index contributed by atoms with van der Waals surface area (Å²) in [6, 6.07) is 9.74. The molecule has 28 heavy (non-hydrogen) atoms. The van der Waals surface area contributed by atoms with E-state index in [0.717, 1.165) is 12.0 Å². The van der Waals surface area contributed by atoms with Crippen molar-refractivity contribution in [2.45, 2.75) is 36.9 Å². The smallest absolute Gasteiger partial charge is 0.260 e. The minimum absolute atomic E-state index is 0.00451. The van der Waals surface area contributed by atoms with Crippen LogP contribution >= 0.6 is 0 Å². The Morgan fingerprint density at radius 2 is 2.07 bits per heavy atom. The molecule has 148 valence electrons. The van der Waals surface area contributed by atoms with E-state index < -0.39 is 11.7 Å². The van der Waals surface area contributed by atoms with Crippen LogP contribution in [0.5, 0.6) is 5.88 Å². The Kier molecular flexibility index (Phi) is 4.01. The monoisotopic (exact) mass is 384 g/mol. The van der Waals surface area contributed by atoms with E-state index in [1.54, 1.807) is 7.11 Å². The van der Waals surface area contributed by atoms with E-state index in [4.69, 9.17) is 18.7 Å². The van der Waals surface area contributed by atoms with Crippen molar-refractivity contribution in [3.05, 3.63) is 59.1 Å². The third-order valence-corrected chi connectivity index (χ3v) is 6.15. The van der Waals surface area contributed by atoms with Gasteiger partial charge in [0.25, 0.3) is 5.88 Å². The zero-order valence-electron chi connectivity index (χ0n) is 16.2. The maximum atomic E-state index is 11.4. The molecule has 2 aliphatic heterocycles. The molecule has 5 atom stereocenters. The number of ether oxygens (including phenoxy) is 3. The van der Waals surface area contributed by atoms with Gasteiger partial charge in [-0.3, -0.25) is 4.90 Å². The Balaban J connectivity index is 1.56. The molecule has 5 rings (SSSR count). The second-order valence-corrected chi connectivity index (χ2v) is 7.88. The molecule has 7 nitrogen and oxygen atoms in total. The summed E-state index contributed by atoms with van der Waals surface area (Å²) < 4.78 is 23.6. The average Bonchev–Trinajstić information content (AvgIpc) is 3.38. The molecule has 1 aromatic heterocycles. The number of aliphatic hydroxyl groups excluding tert-OH is 1. The molecule has 3 aliphatic rings. The third-order valence-electron chi connectivity index (χ3n) is 6.15. The molecule has 0 radical (unpaired) electrons. The summed E-state index contributed by atoms with van der Waals surface area (Å²) in [7, 11) is 5.61. The van der Waals surface area contributed by atoms with Gasteiger partial charge in [-0.05, 0) is 37.3 Å². The minimum atomic E-state index is -0.973. The topological polar surface area (TPSA) is 77.2 Å². The highest BCUT2D eigenvalue weighted by atomic mass is 16.6. The van der Waals surface area contributed by atoms with E-state index >= 15 is 0 Å². The standard InChI is InChI=1S/C21H24N2O5/c1-23(2)17-14-9-13-10-15(25-3)21(14,27-13)19(24)16-18(17)28-22-20(16)26-11-12-7-5-4-6-8-12/h4-8,10,13-14,17,19,24H,9,11H2,1-3H3/t13-,14+,17+,19-,21-/m1/s1. The minimum Gasteiger partial charge on any atom is -0.498 e. The lowest BCUT2D eigenvalue weighted by Crippen LogP contribution is -2.51. The zero-order valence-corrected chi connectivity index (χ0v) is 16.2. The van der Waals surface area contributed by atoms with Crippen molar-refractivity contribution in [1.29, 1.82) is 0 Å². The van der Waals surface area contributed by atoms with Crippen LogP contribution < -0.4 is 4.74 Å². The van der Waals surface area contributed by atoms with Crippen LogP contribution in [0.4, 0.5) is 0 Å². The number of methoxy groups -OCH3 is 1. The first-order chi connectivity index (χ1) is 13.6. The van der Waals surface area contributed by atoms with E-state index in [9.17, 15) is 5.11 Å². The fraction of sp³-hybridized carbons (Fsp3) is 0.476. The molecule has 3 heterocycles. The number of nitrogens with zero attached hydrogens (tertiary/aromatic N) is 2. The van der Waals surface area contributed by atoms with Crippen LogP contribution in [0.2, 0.25) is 0 Å². The van der Waals surface area contributed by atoms with Crippen molar-refractivity contribution in [2.75, 3.05) is 21.2 Å². The van der Waals surface area contributed by atoms with Crippen LogP contribution in [0, 0.1) is 5.92 Å². The average molecular weight is 384 g/mol. The number of fused-ring (bicyclic) bond motifs is 2. The fourth-order valence-corrected chi connectivity index (χ4v) is 5.03. The molecule has 2 bridgehead atoms. The van der Waals surface area contributed by atoms with Crippen molar-refractivity contribution in [2.24, 2.45) is 5.92 Å². The van der Waals surface area contributed by atoms with E-state index in [0.29, 0.717) is 29.6 Å². The van der Waals surface area contributed by atoms with Gasteiger partial charge in [-0.1, -0.05) is 30.3 Å². The van der Waals surface area contributed by atoms with E-state index in [1.807, 2.05) is 50.5 Å². The summed E-state index contributed by atoms with van der Waals surface area (Å²) >= 11 is 0. The lowest BCUT2D eigenvalue weighted by molar-refractivity contribution is -0.132. The van der Waals surface area contributed by atoms with Crippen LogP contribution in [0.15, 0.2) is 46.7 Å². The van der Waals surface area contributed by atoms with Gasteiger partial charge in [0.05, 0.1) is 24.8 Å². The molecule has 1 N–H and O–H groups in total. The van der Waals surface area contributed by atoms with Crippen LogP contribution in [0.3, 0.4) is 0 Å². The molecular formula is C21H24N2O5. The van der Waals surface area contributed by atoms with Gasteiger partial charge in [-0.25, -0.2) is 0 Å². The summed E-state index contributed by atoms with van der Waals surface area (Å²) in [5.41, 5.74) is 0.634. The lowest BCUT2D eigenvalue weighted by atomic mass is 9.66. The number of rotatable bonds is 5. The van der Waals surface area contributed by atoms with Crippen LogP contribution in [-0.2, 0) is 16.1 Å². The molecule has 2 aromatic rings. The number of benzene rings is 1. The Morgan fingerprint density at radius 3 is 2.79 bits per heavy atom. The van der Waals surface area contributed by atoms with Gasteiger partial charge in [-0.2, -0.15) is 0 Å². The van der Waals surface area contributed by atoms with Crippen LogP contribution in [0.25, 0.3) is 0 Å². The highest BCUT2D eigenvalue weighted by Crippen LogP contribution is 2.63. The van der Waals surface area contributed by atoms with Gasteiger partial charge in [-0.15, -0.1) is 0 Å². The quantitative estimate of drug-likeness (QED) is 0.849. The highest BCUT2D eigenvalue weighted by Gasteiger charge is 2.68. The SMILES string of the molecule is COC1=C[C@H]2C[C@H]3[C@H](N(C)C)c4onc(OCc5ccccc5)c4[C@@H](O)[C@]13O2. The van der Waals surface area contributed by atoms with Gasteiger partial charge < -0.3 is 23.8 Å². The Morgan fingerprint density at radius 1 is 1.29 bits per heavy atom. The van der Waals surface area contributed by atoms with Crippen molar-refractivity contribution in [3.8, 4) is 5.88 Å². The number of aromatic nitrogens is 1. The van der Waals surface area contributed by atoms with Crippen LogP contribution in [0.1, 0.15) is 35.5 Å². The lowest BCUT2D eigenvalue weighted by Gasteiger charge is -2.46. The van der Waals surface area contributed by atoms with Crippen molar-refractivity contribution in [3.63, 3.8) is 0 Å². The first kappa shape index (κ1) is 17.7. The number of hydrogen-bond donors (Lipinski definition) is 1. The summed E-state index contributed by atoms with van der Waals surface area (Å²) in [6.07, 6.45) is 1.73. The molecule has 1 fully saturated rings. The summed E-state index contributed by atoms with van der Waals surface area (Å²) in [5.74, 6) is 1.63. The Labute approximate surface area is 163 Å². The first-order valence-electron chi connectivity index (χ1n) is 9.51. The predicted molar refractivity (Wildman–Crippen MR) is 99.5 cm³/mol. The normalized spacial score (nSPS) is 32.8. The molecule has 1 aromatic carbocycles. The fourth-order valence-electron chi connectivity index (χ4n) is 5.03. The molecule has 0 unspecified atom stereocenters. The highest BCUT2D eigenvalue weighted by molar-refractivity contribution is 5.45. The molecule has 1 saturated heterocycles. The van der Waals surface area contributed by atoms with Gasteiger partial charge in [0, 0.05) is 5.92 Å². The predicted octanol–water partition coefficient (Wildman–Crippen LogP) is 2.59. The van der Waals surface area contributed by atoms with E-state index in [2.05, 4.69) is 10.1 Å². The molecule has 1 spiro atoms. The molecular weight excluding hydrogens is 360 g/mol. The van der Waals surface area contributed by atoms with Gasteiger partial charge in [0.15, 0.2) is 11.4 Å². The van der Waals surface area contributed by atoms with Gasteiger partial charge >= 0.3 is 0 Å². The molecule has 7 heteroatoms. The number of aliphatic hydroxyl groups is 1. The summed E-state index contributed by atoms with van der Waals surface area (Å²) in [4.78, 5) is 2.08. The Bertz CT molecular complexity index is 909. The van der Waals surface area contributed by atoms with Crippen molar-refractivity contribution >= 4 is 0 Å². The number of hydrogen-bond acceptors (Lipinski definition) is 7. The van der Waals surface area contributed by atoms with Gasteiger partial charge in [0.1, 0.15) is 18.5 Å². The maximum Gasteiger partial charge on any atom is 0.260 e. The maximum absolute atomic E-state index is 11.4. The molecule has 1 aliphatic carbocycles. The molecule has 0 amide bonds. The zero-order chi connectivity index (χ0) is 19.5. The van der Waals surface area contributed by atoms with E-state index in [1.165, 1.54) is 0 Å². The molecule has 0 saturated carbocycles. The summed E-state index contributed by atoms with van der Waals surface area (Å²) in [5, 5.41) is 15.6. The third kappa shape index (κ3) is 2.30. The van der Waals surface area contributed by atoms with E-state index in [-0.39, 0.29) is 18.1 Å². The van der Waals surface area contributed by atoms with Gasteiger partial charge in [0.2, 0.25) is 0 Å². The first-order valence-corrected chi connectivity index (χ1v) is 9.51. The second kappa shape index (κ2) is 6.34. The van der Waals surface area contributed by atoms with Crippen molar-refractivity contribution in [1.82, 2.24) is 10.1 Å². The summed E-state index contributed by atoms with van der Waals surface area (Å²) in [6.45, 7) is 0.339.